The van der Waals surface area contributed by atoms with Crippen LogP contribution in [0, 0.1) is 0 Å². The number of carbonyl (C=O) groups is 2. The number of aliphatic hydroxyl groups excluding tert-OH is 1. The average molecular weight is 350 g/mol. The Balaban J connectivity index is 2.27. The van der Waals surface area contributed by atoms with Crippen LogP contribution in [0.15, 0.2) is 24.3 Å². The van der Waals surface area contributed by atoms with Crippen molar-refractivity contribution in [1.29, 1.82) is 0 Å². The fraction of sp³-hybridized carbons (Fsp3) is 0.429. The standard InChI is InChI=1S/C14H17F3N2O5/c15-14(16,17)9-1-3-11(4-2-9)24-8-10(20)7-19-13(23)18-6-5-12(21)22/h1-4,10,20H,5-8H2,(H,21,22)(H2,18,19,23). The molecule has 0 aliphatic heterocycles. The number of halogens is 3. The Labute approximate surface area is 135 Å². The zero-order valence-electron chi connectivity index (χ0n) is 12.5. The summed E-state index contributed by atoms with van der Waals surface area (Å²) < 4.78 is 42.3. The fourth-order valence-corrected chi connectivity index (χ4v) is 1.55. The first-order valence-corrected chi connectivity index (χ1v) is 6.90. The van der Waals surface area contributed by atoms with Gasteiger partial charge >= 0.3 is 18.2 Å². The fourth-order valence-electron chi connectivity index (χ4n) is 1.55. The molecule has 0 radical (unpaired) electrons. The molecule has 0 aliphatic carbocycles. The second kappa shape index (κ2) is 8.96. The molecule has 0 spiro atoms. The molecule has 0 saturated heterocycles. The van der Waals surface area contributed by atoms with Crippen molar-refractivity contribution in [3.05, 3.63) is 29.8 Å². The van der Waals surface area contributed by atoms with E-state index in [2.05, 4.69) is 10.6 Å². The molecule has 2 amide bonds. The Hall–Kier alpha value is -2.49. The van der Waals surface area contributed by atoms with Gasteiger partial charge in [-0.1, -0.05) is 0 Å². The Kier molecular flexibility index (Phi) is 7.31. The number of amides is 2. The van der Waals surface area contributed by atoms with E-state index in [1.54, 1.807) is 0 Å². The molecule has 0 aliphatic rings. The third kappa shape index (κ3) is 7.68. The number of aliphatic hydroxyl groups is 1. The van der Waals surface area contributed by atoms with Gasteiger partial charge in [-0.25, -0.2) is 4.79 Å². The predicted octanol–water partition coefficient (Wildman–Crippen LogP) is 1.22. The zero-order chi connectivity index (χ0) is 18.2. The summed E-state index contributed by atoms with van der Waals surface area (Å²) in [4.78, 5) is 21.5. The van der Waals surface area contributed by atoms with Crippen molar-refractivity contribution in [2.45, 2.75) is 18.7 Å². The van der Waals surface area contributed by atoms with Crippen LogP contribution in [0.4, 0.5) is 18.0 Å². The van der Waals surface area contributed by atoms with Crippen LogP contribution in [0.3, 0.4) is 0 Å². The average Bonchev–Trinajstić information content (AvgIpc) is 2.50. The number of ether oxygens (including phenoxy) is 1. The Morgan fingerprint density at radius 2 is 1.79 bits per heavy atom. The van der Waals surface area contributed by atoms with Gasteiger partial charge in [0.05, 0.1) is 12.0 Å². The summed E-state index contributed by atoms with van der Waals surface area (Å²) in [5.74, 6) is -0.909. The third-order valence-electron chi connectivity index (χ3n) is 2.75. The smallest absolute Gasteiger partial charge is 0.416 e. The summed E-state index contributed by atoms with van der Waals surface area (Å²) in [7, 11) is 0. The molecule has 0 aromatic heterocycles. The molecule has 1 rings (SSSR count). The Morgan fingerprint density at radius 1 is 1.17 bits per heavy atom. The lowest BCUT2D eigenvalue weighted by Gasteiger charge is -2.14. The molecule has 1 aromatic carbocycles. The molecular weight excluding hydrogens is 333 g/mol. The van der Waals surface area contributed by atoms with E-state index >= 15 is 0 Å². The third-order valence-corrected chi connectivity index (χ3v) is 2.75. The highest BCUT2D eigenvalue weighted by molar-refractivity contribution is 5.74. The number of aliphatic carboxylic acids is 1. The number of rotatable bonds is 8. The van der Waals surface area contributed by atoms with Gasteiger partial charge in [0.15, 0.2) is 0 Å². The van der Waals surface area contributed by atoms with E-state index in [0.29, 0.717) is 0 Å². The van der Waals surface area contributed by atoms with Gasteiger partial charge in [-0.05, 0) is 24.3 Å². The van der Waals surface area contributed by atoms with E-state index in [9.17, 15) is 27.9 Å². The van der Waals surface area contributed by atoms with Crippen molar-refractivity contribution in [1.82, 2.24) is 10.6 Å². The topological polar surface area (TPSA) is 108 Å². The van der Waals surface area contributed by atoms with Crippen LogP contribution in [0.1, 0.15) is 12.0 Å². The second-order valence-corrected chi connectivity index (χ2v) is 4.77. The largest absolute Gasteiger partial charge is 0.491 e. The van der Waals surface area contributed by atoms with Gasteiger partial charge in [0.2, 0.25) is 0 Å². The summed E-state index contributed by atoms with van der Waals surface area (Å²) >= 11 is 0. The van der Waals surface area contributed by atoms with Crippen LogP contribution >= 0.6 is 0 Å². The van der Waals surface area contributed by atoms with Crippen LogP contribution in [0.25, 0.3) is 0 Å². The van der Waals surface area contributed by atoms with E-state index in [0.717, 1.165) is 24.3 Å². The van der Waals surface area contributed by atoms with Crippen molar-refractivity contribution in [3.63, 3.8) is 0 Å². The minimum atomic E-state index is -4.43. The van der Waals surface area contributed by atoms with Gasteiger partial charge < -0.3 is 25.6 Å². The first kappa shape index (κ1) is 19.6. The number of alkyl halides is 3. The van der Waals surface area contributed by atoms with Crippen molar-refractivity contribution < 1.29 is 37.7 Å². The normalized spacial score (nSPS) is 12.3. The molecule has 7 nitrogen and oxygen atoms in total. The van der Waals surface area contributed by atoms with Crippen LogP contribution < -0.4 is 15.4 Å². The number of hydrogen-bond acceptors (Lipinski definition) is 4. The van der Waals surface area contributed by atoms with Crippen LogP contribution in [-0.2, 0) is 11.0 Å². The molecule has 0 heterocycles. The predicted molar refractivity (Wildman–Crippen MR) is 76.6 cm³/mol. The molecule has 4 N–H and O–H groups in total. The highest BCUT2D eigenvalue weighted by Gasteiger charge is 2.30. The summed E-state index contributed by atoms with van der Waals surface area (Å²) in [6.07, 6.45) is -5.75. The maximum atomic E-state index is 12.4. The maximum Gasteiger partial charge on any atom is 0.416 e. The summed E-state index contributed by atoms with van der Waals surface area (Å²) in [5.41, 5.74) is -0.810. The number of nitrogens with one attached hydrogen (secondary N) is 2. The molecule has 134 valence electrons. The number of urea groups is 1. The molecule has 24 heavy (non-hydrogen) atoms. The monoisotopic (exact) mass is 350 g/mol. The Morgan fingerprint density at radius 3 is 2.33 bits per heavy atom. The Bertz CT molecular complexity index is 548. The lowest BCUT2D eigenvalue weighted by Crippen LogP contribution is -2.41. The lowest BCUT2D eigenvalue weighted by molar-refractivity contribution is -0.138. The SMILES string of the molecule is O=C(O)CCNC(=O)NCC(O)COc1ccc(C(F)(F)F)cc1. The molecular formula is C14H17F3N2O5. The van der Waals surface area contributed by atoms with Gasteiger partial charge in [0.1, 0.15) is 18.5 Å². The van der Waals surface area contributed by atoms with E-state index in [1.807, 2.05) is 0 Å². The van der Waals surface area contributed by atoms with E-state index < -0.39 is 29.8 Å². The first-order valence-electron chi connectivity index (χ1n) is 6.90. The van der Waals surface area contributed by atoms with Crippen molar-refractivity contribution in [2.75, 3.05) is 19.7 Å². The highest BCUT2D eigenvalue weighted by Crippen LogP contribution is 2.30. The molecule has 1 unspecified atom stereocenters. The molecule has 0 fully saturated rings. The summed E-state index contributed by atoms with van der Waals surface area (Å²) in [5, 5.41) is 22.6. The second-order valence-electron chi connectivity index (χ2n) is 4.77. The molecule has 10 heteroatoms. The van der Waals surface area contributed by atoms with E-state index in [1.165, 1.54) is 0 Å². The minimum absolute atomic E-state index is 0.0562. The van der Waals surface area contributed by atoms with Gasteiger partial charge in [0, 0.05) is 13.1 Å². The van der Waals surface area contributed by atoms with Gasteiger partial charge in [-0.15, -0.1) is 0 Å². The van der Waals surface area contributed by atoms with Crippen LogP contribution in [-0.4, -0.2) is 48.0 Å². The van der Waals surface area contributed by atoms with E-state index in [-0.39, 0.29) is 31.9 Å². The summed E-state index contributed by atoms with van der Waals surface area (Å²) in [6, 6.07) is 3.32. The van der Waals surface area contributed by atoms with Gasteiger partial charge in [0.25, 0.3) is 0 Å². The lowest BCUT2D eigenvalue weighted by atomic mass is 10.2. The molecule has 0 bridgehead atoms. The number of benzene rings is 1. The quantitative estimate of drug-likeness (QED) is 0.564. The molecule has 0 saturated carbocycles. The number of carbonyl (C=O) groups excluding carboxylic acids is 1. The van der Waals surface area contributed by atoms with Crippen molar-refractivity contribution >= 4 is 12.0 Å². The van der Waals surface area contributed by atoms with Crippen LogP contribution in [0.5, 0.6) is 5.75 Å². The van der Waals surface area contributed by atoms with Gasteiger partial charge in [-0.2, -0.15) is 13.2 Å². The molecule has 1 aromatic rings. The van der Waals surface area contributed by atoms with E-state index in [4.69, 9.17) is 9.84 Å². The first-order chi connectivity index (χ1) is 11.2. The van der Waals surface area contributed by atoms with Crippen LogP contribution in [0.2, 0.25) is 0 Å². The van der Waals surface area contributed by atoms with Gasteiger partial charge in [-0.3, -0.25) is 4.79 Å². The minimum Gasteiger partial charge on any atom is -0.491 e. The number of hydrogen-bond donors (Lipinski definition) is 4. The summed E-state index contributed by atoms with van der Waals surface area (Å²) in [6.45, 7) is -0.459. The molecule has 1 atom stereocenters. The maximum absolute atomic E-state index is 12.4. The zero-order valence-corrected chi connectivity index (χ0v) is 12.5. The van der Waals surface area contributed by atoms with Crippen molar-refractivity contribution in [3.8, 4) is 5.75 Å². The van der Waals surface area contributed by atoms with Crippen molar-refractivity contribution in [2.24, 2.45) is 0 Å². The number of carboxylic acids is 1. The number of carboxylic acid groups (broad SMARTS) is 1. The highest BCUT2D eigenvalue weighted by atomic mass is 19.4.